The van der Waals surface area contributed by atoms with E-state index in [-0.39, 0.29) is 23.9 Å². The summed E-state index contributed by atoms with van der Waals surface area (Å²) >= 11 is 1.39. The first-order valence-electron chi connectivity index (χ1n) is 12.1. The Kier molecular flexibility index (Phi) is 7.69. The van der Waals surface area contributed by atoms with Crippen LogP contribution >= 0.6 is 11.3 Å². The average molecular weight is 559 g/mol. The van der Waals surface area contributed by atoms with Crippen molar-refractivity contribution in [2.45, 2.75) is 18.0 Å². The molecule has 0 saturated carbocycles. The van der Waals surface area contributed by atoms with E-state index in [1.54, 1.807) is 31.5 Å². The van der Waals surface area contributed by atoms with Gasteiger partial charge in [-0.3, -0.25) is 14.7 Å². The standard InChI is InChI=1S/C29H26N4O4S2/c1-32(19-21-7-4-3-5-8-21)39(35,36)25-13-10-23(11-14-25)28(34)33(20-22-9-6-16-30-18-22)29-31-26-17-24(37-2)12-15-27(26)38-29/h3-18H,19-20H2,1-2H3. The largest absolute Gasteiger partial charge is 0.497 e. The maximum absolute atomic E-state index is 13.8. The highest BCUT2D eigenvalue weighted by Crippen LogP contribution is 2.33. The second-order valence-corrected chi connectivity index (χ2v) is 11.9. The summed E-state index contributed by atoms with van der Waals surface area (Å²) in [6, 6.07) is 24.7. The van der Waals surface area contributed by atoms with Crippen molar-refractivity contribution in [2.24, 2.45) is 0 Å². The average Bonchev–Trinajstić information content (AvgIpc) is 3.39. The minimum absolute atomic E-state index is 0.114. The molecule has 5 rings (SSSR count). The number of ether oxygens (including phenoxy) is 1. The van der Waals surface area contributed by atoms with Crippen molar-refractivity contribution in [1.82, 2.24) is 14.3 Å². The fourth-order valence-electron chi connectivity index (χ4n) is 4.07. The van der Waals surface area contributed by atoms with Crippen LogP contribution in [0.3, 0.4) is 0 Å². The molecule has 0 aliphatic heterocycles. The molecule has 0 N–H and O–H groups in total. The van der Waals surface area contributed by atoms with Gasteiger partial charge in [-0.05, 0) is 53.6 Å². The topological polar surface area (TPSA) is 92.7 Å². The van der Waals surface area contributed by atoms with Crippen molar-refractivity contribution in [3.05, 3.63) is 114 Å². The van der Waals surface area contributed by atoms with Gasteiger partial charge in [0, 0.05) is 37.6 Å². The Morgan fingerprint density at radius 3 is 2.36 bits per heavy atom. The maximum Gasteiger partial charge on any atom is 0.260 e. The number of methoxy groups -OCH3 is 1. The summed E-state index contributed by atoms with van der Waals surface area (Å²) in [5, 5.41) is 0.520. The summed E-state index contributed by atoms with van der Waals surface area (Å²) in [4.78, 5) is 24.3. The number of rotatable bonds is 9. The highest BCUT2D eigenvalue weighted by atomic mass is 32.2. The first-order chi connectivity index (χ1) is 18.8. The maximum atomic E-state index is 13.8. The van der Waals surface area contributed by atoms with E-state index in [1.165, 1.54) is 39.9 Å². The number of fused-ring (bicyclic) bond motifs is 1. The summed E-state index contributed by atoms with van der Waals surface area (Å²) in [5.74, 6) is 0.380. The number of amides is 1. The van der Waals surface area contributed by atoms with E-state index in [4.69, 9.17) is 9.72 Å². The molecule has 198 valence electrons. The fourth-order valence-corrected chi connectivity index (χ4v) is 6.17. The van der Waals surface area contributed by atoms with Crippen LogP contribution < -0.4 is 9.64 Å². The molecule has 0 aliphatic rings. The van der Waals surface area contributed by atoms with E-state index in [2.05, 4.69) is 4.98 Å². The van der Waals surface area contributed by atoms with Crippen LogP contribution in [0.2, 0.25) is 0 Å². The van der Waals surface area contributed by atoms with Crippen molar-refractivity contribution in [2.75, 3.05) is 19.1 Å². The number of hydrogen-bond donors (Lipinski definition) is 0. The summed E-state index contributed by atoms with van der Waals surface area (Å²) in [5.41, 5.74) is 2.79. The van der Waals surface area contributed by atoms with E-state index in [1.807, 2.05) is 60.7 Å². The molecule has 0 fully saturated rings. The molecule has 0 atom stereocenters. The van der Waals surface area contributed by atoms with Gasteiger partial charge in [0.15, 0.2) is 5.13 Å². The lowest BCUT2D eigenvalue weighted by atomic mass is 10.2. The predicted octanol–water partition coefficient (Wildman–Crippen LogP) is 5.37. The molecule has 10 heteroatoms. The lowest BCUT2D eigenvalue weighted by Gasteiger charge is -2.21. The molecule has 3 aromatic carbocycles. The van der Waals surface area contributed by atoms with E-state index >= 15 is 0 Å². The minimum Gasteiger partial charge on any atom is -0.497 e. The fraction of sp³-hybridized carbons (Fsp3) is 0.138. The minimum atomic E-state index is -3.75. The van der Waals surface area contributed by atoms with Crippen molar-refractivity contribution < 1.29 is 17.9 Å². The Bertz CT molecular complexity index is 1690. The first kappa shape index (κ1) is 26.5. The number of hydrogen-bond acceptors (Lipinski definition) is 7. The number of nitrogens with zero attached hydrogens (tertiary/aromatic N) is 4. The van der Waals surface area contributed by atoms with E-state index in [0.29, 0.717) is 16.4 Å². The zero-order valence-electron chi connectivity index (χ0n) is 21.4. The van der Waals surface area contributed by atoms with Crippen molar-refractivity contribution in [1.29, 1.82) is 0 Å². The van der Waals surface area contributed by atoms with Gasteiger partial charge < -0.3 is 4.74 Å². The second kappa shape index (κ2) is 11.3. The van der Waals surface area contributed by atoms with Crippen LogP contribution in [-0.4, -0.2) is 42.8 Å². The zero-order chi connectivity index (χ0) is 27.4. The van der Waals surface area contributed by atoms with Crippen molar-refractivity contribution in [3.8, 4) is 5.75 Å². The Morgan fingerprint density at radius 1 is 0.923 bits per heavy atom. The first-order valence-corrected chi connectivity index (χ1v) is 14.4. The third-order valence-electron chi connectivity index (χ3n) is 6.18. The van der Waals surface area contributed by atoms with Crippen molar-refractivity contribution >= 4 is 42.6 Å². The van der Waals surface area contributed by atoms with Crippen LogP contribution in [0.4, 0.5) is 5.13 Å². The molecule has 0 bridgehead atoms. The van der Waals surface area contributed by atoms with Gasteiger partial charge in [0.05, 0.1) is 28.8 Å². The number of anilines is 1. The highest BCUT2D eigenvalue weighted by Gasteiger charge is 2.25. The van der Waals surface area contributed by atoms with Gasteiger partial charge in [-0.15, -0.1) is 0 Å². The molecule has 0 radical (unpaired) electrons. The molecule has 0 aliphatic carbocycles. The Hall–Kier alpha value is -4.12. The van der Waals surface area contributed by atoms with Crippen LogP contribution in [0.1, 0.15) is 21.5 Å². The number of pyridine rings is 1. The quantitative estimate of drug-likeness (QED) is 0.242. The summed E-state index contributed by atoms with van der Waals surface area (Å²) in [6.07, 6.45) is 3.38. The van der Waals surface area contributed by atoms with E-state index in [0.717, 1.165) is 21.3 Å². The Labute approximate surface area is 231 Å². The monoisotopic (exact) mass is 558 g/mol. The molecule has 1 amide bonds. The molecular weight excluding hydrogens is 532 g/mol. The molecule has 2 heterocycles. The van der Waals surface area contributed by atoms with Gasteiger partial charge in [0.2, 0.25) is 10.0 Å². The lowest BCUT2D eigenvalue weighted by Crippen LogP contribution is -2.30. The molecular formula is C29H26N4O4S2. The van der Waals surface area contributed by atoms with Crippen LogP contribution in [0.25, 0.3) is 10.2 Å². The SMILES string of the molecule is COc1ccc2sc(N(Cc3cccnc3)C(=O)c3ccc(S(=O)(=O)N(C)Cc4ccccc4)cc3)nc2c1. The normalized spacial score (nSPS) is 11.6. The zero-order valence-corrected chi connectivity index (χ0v) is 23.0. The smallest absolute Gasteiger partial charge is 0.260 e. The molecule has 5 aromatic rings. The molecule has 2 aromatic heterocycles. The Morgan fingerprint density at radius 2 is 1.67 bits per heavy atom. The lowest BCUT2D eigenvalue weighted by molar-refractivity contribution is 0.0985. The summed E-state index contributed by atoms with van der Waals surface area (Å²) in [6.45, 7) is 0.495. The third-order valence-corrected chi connectivity index (χ3v) is 9.06. The summed E-state index contributed by atoms with van der Waals surface area (Å²) < 4.78 is 33.9. The van der Waals surface area contributed by atoms with Gasteiger partial charge in [0.1, 0.15) is 5.75 Å². The summed E-state index contributed by atoms with van der Waals surface area (Å²) in [7, 11) is -0.612. The number of aromatic nitrogens is 2. The van der Waals surface area contributed by atoms with Gasteiger partial charge in [-0.1, -0.05) is 47.7 Å². The molecule has 39 heavy (non-hydrogen) atoms. The van der Waals surface area contributed by atoms with Gasteiger partial charge >= 0.3 is 0 Å². The predicted molar refractivity (Wildman–Crippen MR) is 152 cm³/mol. The number of carbonyl (C=O) groups is 1. The van der Waals surface area contributed by atoms with E-state index in [9.17, 15) is 13.2 Å². The van der Waals surface area contributed by atoms with Gasteiger partial charge in [-0.25, -0.2) is 13.4 Å². The van der Waals surface area contributed by atoms with Crippen LogP contribution in [-0.2, 0) is 23.1 Å². The number of benzene rings is 3. The number of carbonyl (C=O) groups excluding carboxylic acids is 1. The second-order valence-electron chi connectivity index (χ2n) is 8.85. The van der Waals surface area contributed by atoms with Crippen LogP contribution in [0, 0.1) is 0 Å². The molecule has 8 nitrogen and oxygen atoms in total. The number of thiazole rings is 1. The molecule has 0 unspecified atom stereocenters. The molecule has 0 spiro atoms. The Balaban J connectivity index is 1.43. The highest BCUT2D eigenvalue weighted by molar-refractivity contribution is 7.89. The number of sulfonamides is 1. The van der Waals surface area contributed by atoms with Gasteiger partial charge in [0.25, 0.3) is 5.91 Å². The van der Waals surface area contributed by atoms with Crippen LogP contribution in [0.15, 0.2) is 102 Å². The molecule has 0 saturated heterocycles. The van der Waals surface area contributed by atoms with Crippen molar-refractivity contribution in [3.63, 3.8) is 0 Å². The van der Waals surface area contributed by atoms with E-state index < -0.39 is 10.0 Å². The third kappa shape index (κ3) is 5.83. The van der Waals surface area contributed by atoms with Gasteiger partial charge in [-0.2, -0.15) is 4.31 Å². The van der Waals surface area contributed by atoms with Crippen LogP contribution in [0.5, 0.6) is 5.75 Å².